The third kappa shape index (κ3) is 2.90. The second-order valence-corrected chi connectivity index (χ2v) is 3.03. The predicted molar refractivity (Wildman–Crippen MR) is 57.6 cm³/mol. The molecular weight excluding hydrogens is 186 g/mol. The first-order valence-electron chi connectivity index (χ1n) is 4.05. The standard InChI is InChI=1S/C10H15NO.ClH/c1-7-4-5-10(12-3)9(6-7)8(2)11;/h4-6,8H,11H2,1-3H3;1H/t8-;/m1./s1. The second kappa shape index (κ2) is 5.10. The van der Waals surface area contributed by atoms with Gasteiger partial charge in [-0.15, -0.1) is 12.4 Å². The zero-order chi connectivity index (χ0) is 9.14. The van der Waals surface area contributed by atoms with Crippen LogP contribution in [0.4, 0.5) is 0 Å². The topological polar surface area (TPSA) is 35.2 Å². The van der Waals surface area contributed by atoms with Gasteiger partial charge in [0.1, 0.15) is 5.75 Å². The number of ether oxygens (including phenoxy) is 1. The Kier molecular flexibility index (Phi) is 4.81. The van der Waals surface area contributed by atoms with E-state index in [1.807, 2.05) is 26.0 Å². The van der Waals surface area contributed by atoms with Crippen LogP contribution in [-0.2, 0) is 0 Å². The molecule has 1 rings (SSSR count). The Morgan fingerprint density at radius 2 is 2.00 bits per heavy atom. The van der Waals surface area contributed by atoms with Crippen LogP contribution in [0.25, 0.3) is 0 Å². The molecule has 1 atom stereocenters. The third-order valence-electron chi connectivity index (χ3n) is 1.88. The summed E-state index contributed by atoms with van der Waals surface area (Å²) >= 11 is 0. The smallest absolute Gasteiger partial charge is 0.123 e. The fraction of sp³-hybridized carbons (Fsp3) is 0.400. The lowest BCUT2D eigenvalue weighted by Gasteiger charge is -2.11. The molecule has 0 fully saturated rings. The minimum Gasteiger partial charge on any atom is -0.496 e. The molecule has 0 unspecified atom stereocenters. The van der Waals surface area contributed by atoms with Gasteiger partial charge >= 0.3 is 0 Å². The first kappa shape index (κ1) is 12.3. The number of aryl methyl sites for hydroxylation is 1. The quantitative estimate of drug-likeness (QED) is 0.798. The van der Waals surface area contributed by atoms with Crippen LogP contribution >= 0.6 is 12.4 Å². The largest absolute Gasteiger partial charge is 0.496 e. The Hall–Kier alpha value is -0.730. The molecule has 13 heavy (non-hydrogen) atoms. The van der Waals surface area contributed by atoms with E-state index in [-0.39, 0.29) is 18.4 Å². The maximum absolute atomic E-state index is 5.78. The van der Waals surface area contributed by atoms with Gasteiger partial charge in [-0.3, -0.25) is 0 Å². The first-order valence-corrected chi connectivity index (χ1v) is 4.05. The molecule has 0 aliphatic carbocycles. The van der Waals surface area contributed by atoms with Gasteiger partial charge in [0.15, 0.2) is 0 Å². The summed E-state index contributed by atoms with van der Waals surface area (Å²) in [5.41, 5.74) is 8.06. The van der Waals surface area contributed by atoms with Gasteiger partial charge < -0.3 is 10.5 Å². The van der Waals surface area contributed by atoms with E-state index in [9.17, 15) is 0 Å². The molecule has 0 spiro atoms. The highest BCUT2D eigenvalue weighted by Crippen LogP contribution is 2.24. The van der Waals surface area contributed by atoms with Crippen molar-refractivity contribution in [1.29, 1.82) is 0 Å². The molecule has 0 aromatic heterocycles. The van der Waals surface area contributed by atoms with Crippen molar-refractivity contribution in [2.24, 2.45) is 5.73 Å². The molecular formula is C10H16ClNO. The van der Waals surface area contributed by atoms with E-state index in [2.05, 4.69) is 6.07 Å². The normalized spacial score (nSPS) is 11.7. The fourth-order valence-corrected chi connectivity index (χ4v) is 1.21. The Balaban J connectivity index is 0.00000144. The average Bonchev–Trinajstić information content (AvgIpc) is 2.04. The molecule has 74 valence electrons. The van der Waals surface area contributed by atoms with Gasteiger partial charge in [0, 0.05) is 11.6 Å². The Bertz CT molecular complexity index is 274. The number of benzene rings is 1. The Morgan fingerprint density at radius 3 is 2.46 bits per heavy atom. The highest BCUT2D eigenvalue weighted by atomic mass is 35.5. The predicted octanol–water partition coefficient (Wildman–Crippen LogP) is 2.45. The highest BCUT2D eigenvalue weighted by molar-refractivity contribution is 5.85. The van der Waals surface area contributed by atoms with E-state index >= 15 is 0 Å². The molecule has 1 aromatic carbocycles. The van der Waals surface area contributed by atoms with E-state index in [0.29, 0.717) is 0 Å². The van der Waals surface area contributed by atoms with E-state index in [1.165, 1.54) is 5.56 Å². The molecule has 0 aliphatic rings. The van der Waals surface area contributed by atoms with Crippen molar-refractivity contribution in [2.45, 2.75) is 19.9 Å². The number of hydrogen-bond acceptors (Lipinski definition) is 2. The summed E-state index contributed by atoms with van der Waals surface area (Å²) in [4.78, 5) is 0. The van der Waals surface area contributed by atoms with E-state index < -0.39 is 0 Å². The maximum Gasteiger partial charge on any atom is 0.123 e. The van der Waals surface area contributed by atoms with Crippen molar-refractivity contribution in [3.8, 4) is 5.75 Å². The molecule has 0 bridgehead atoms. The van der Waals surface area contributed by atoms with Gasteiger partial charge in [-0.1, -0.05) is 17.7 Å². The van der Waals surface area contributed by atoms with Gasteiger partial charge in [0.25, 0.3) is 0 Å². The summed E-state index contributed by atoms with van der Waals surface area (Å²) in [6.45, 7) is 4.00. The van der Waals surface area contributed by atoms with Gasteiger partial charge in [-0.2, -0.15) is 0 Å². The Labute approximate surface area is 85.5 Å². The molecule has 2 nitrogen and oxygen atoms in total. The van der Waals surface area contributed by atoms with Gasteiger partial charge in [0.05, 0.1) is 7.11 Å². The van der Waals surface area contributed by atoms with Crippen LogP contribution in [0.15, 0.2) is 18.2 Å². The lowest BCUT2D eigenvalue weighted by atomic mass is 10.1. The fourth-order valence-electron chi connectivity index (χ4n) is 1.21. The third-order valence-corrected chi connectivity index (χ3v) is 1.88. The molecule has 0 aliphatic heterocycles. The number of hydrogen-bond donors (Lipinski definition) is 1. The molecule has 0 saturated heterocycles. The molecule has 3 heteroatoms. The molecule has 0 radical (unpaired) electrons. The Morgan fingerprint density at radius 1 is 1.38 bits per heavy atom. The number of nitrogens with two attached hydrogens (primary N) is 1. The highest BCUT2D eigenvalue weighted by Gasteiger charge is 2.06. The number of methoxy groups -OCH3 is 1. The molecule has 0 heterocycles. The van der Waals surface area contributed by atoms with Crippen LogP contribution in [0.1, 0.15) is 24.1 Å². The zero-order valence-electron chi connectivity index (χ0n) is 8.20. The van der Waals surface area contributed by atoms with Crippen LogP contribution in [0.3, 0.4) is 0 Å². The lowest BCUT2D eigenvalue weighted by Crippen LogP contribution is -2.07. The van der Waals surface area contributed by atoms with Gasteiger partial charge in [0.2, 0.25) is 0 Å². The summed E-state index contributed by atoms with van der Waals surface area (Å²) in [5.74, 6) is 0.871. The summed E-state index contributed by atoms with van der Waals surface area (Å²) in [5, 5.41) is 0. The zero-order valence-corrected chi connectivity index (χ0v) is 9.02. The monoisotopic (exact) mass is 201 g/mol. The van der Waals surface area contributed by atoms with Crippen molar-refractivity contribution in [2.75, 3.05) is 7.11 Å². The molecule has 1 aromatic rings. The minimum atomic E-state index is 0. The summed E-state index contributed by atoms with van der Waals surface area (Å²) < 4.78 is 5.18. The maximum atomic E-state index is 5.78. The van der Waals surface area contributed by atoms with Crippen molar-refractivity contribution in [1.82, 2.24) is 0 Å². The van der Waals surface area contributed by atoms with Crippen LogP contribution in [-0.4, -0.2) is 7.11 Å². The summed E-state index contributed by atoms with van der Waals surface area (Å²) in [6, 6.07) is 6.06. The van der Waals surface area contributed by atoms with Crippen molar-refractivity contribution in [3.63, 3.8) is 0 Å². The van der Waals surface area contributed by atoms with Crippen molar-refractivity contribution in [3.05, 3.63) is 29.3 Å². The van der Waals surface area contributed by atoms with E-state index in [1.54, 1.807) is 7.11 Å². The second-order valence-electron chi connectivity index (χ2n) is 3.03. The van der Waals surface area contributed by atoms with Crippen LogP contribution < -0.4 is 10.5 Å². The molecule has 0 amide bonds. The SMILES string of the molecule is COc1ccc(C)cc1[C@@H](C)N.Cl. The lowest BCUT2D eigenvalue weighted by molar-refractivity contribution is 0.407. The van der Waals surface area contributed by atoms with E-state index in [4.69, 9.17) is 10.5 Å². The van der Waals surface area contributed by atoms with E-state index in [0.717, 1.165) is 11.3 Å². The van der Waals surface area contributed by atoms with Crippen molar-refractivity contribution < 1.29 is 4.74 Å². The van der Waals surface area contributed by atoms with Crippen LogP contribution in [0, 0.1) is 6.92 Å². The first-order chi connectivity index (χ1) is 5.65. The summed E-state index contributed by atoms with van der Waals surface area (Å²) in [6.07, 6.45) is 0. The minimum absolute atomic E-state index is 0. The molecule has 2 N–H and O–H groups in total. The van der Waals surface area contributed by atoms with Crippen molar-refractivity contribution >= 4 is 12.4 Å². The number of halogens is 1. The van der Waals surface area contributed by atoms with Crippen LogP contribution in [0.2, 0.25) is 0 Å². The average molecular weight is 202 g/mol. The summed E-state index contributed by atoms with van der Waals surface area (Å²) in [7, 11) is 1.66. The number of rotatable bonds is 2. The van der Waals surface area contributed by atoms with Gasteiger partial charge in [-0.25, -0.2) is 0 Å². The van der Waals surface area contributed by atoms with Crippen LogP contribution in [0.5, 0.6) is 5.75 Å². The molecule has 0 saturated carbocycles. The van der Waals surface area contributed by atoms with Gasteiger partial charge in [-0.05, 0) is 19.9 Å².